The van der Waals surface area contributed by atoms with Crippen LogP contribution in [0.25, 0.3) is 0 Å². The van der Waals surface area contributed by atoms with Crippen LogP contribution in [0.15, 0.2) is 24.3 Å². The zero-order valence-corrected chi connectivity index (χ0v) is 12.2. The summed E-state index contributed by atoms with van der Waals surface area (Å²) in [6, 6.07) is 7.65. The summed E-state index contributed by atoms with van der Waals surface area (Å²) < 4.78 is 0. The fourth-order valence-electron chi connectivity index (χ4n) is 1.72. The third-order valence-electron chi connectivity index (χ3n) is 2.91. The van der Waals surface area contributed by atoms with E-state index in [9.17, 15) is 4.79 Å². The molecule has 0 heterocycles. The normalized spacial score (nSPS) is 11.2. The van der Waals surface area contributed by atoms with E-state index in [0.717, 1.165) is 24.0 Å². The summed E-state index contributed by atoms with van der Waals surface area (Å²) in [6.45, 7) is 5.12. The molecule has 1 unspecified atom stereocenters. The minimum atomic E-state index is -0.127. The lowest BCUT2D eigenvalue weighted by Gasteiger charge is -2.15. The van der Waals surface area contributed by atoms with Crippen molar-refractivity contribution >= 4 is 6.03 Å². The van der Waals surface area contributed by atoms with Crippen LogP contribution in [0.4, 0.5) is 4.79 Å². The molecule has 20 heavy (non-hydrogen) atoms. The molecular weight excluding hydrogens is 250 g/mol. The lowest BCUT2D eigenvalue weighted by molar-refractivity contribution is 0.238. The van der Waals surface area contributed by atoms with Crippen molar-refractivity contribution in [3.05, 3.63) is 35.4 Å². The standard InChI is InChI=1S/C16H23N3O/c1-3-4-12-18-16(20)19-13(2)15-9-7-14(8-10-15)6-5-11-17/h7-10,13H,3-4,11-12,17H2,1-2H3,(H2,18,19,20). The fraction of sp³-hybridized carbons (Fsp3) is 0.438. The lowest BCUT2D eigenvalue weighted by atomic mass is 10.1. The largest absolute Gasteiger partial charge is 0.338 e. The van der Waals surface area contributed by atoms with Gasteiger partial charge in [0.1, 0.15) is 0 Å². The van der Waals surface area contributed by atoms with Gasteiger partial charge in [-0.2, -0.15) is 0 Å². The molecular formula is C16H23N3O. The molecule has 0 saturated heterocycles. The van der Waals surface area contributed by atoms with Crippen molar-refractivity contribution in [1.82, 2.24) is 10.6 Å². The lowest BCUT2D eigenvalue weighted by Crippen LogP contribution is -2.37. The van der Waals surface area contributed by atoms with Gasteiger partial charge >= 0.3 is 6.03 Å². The first-order chi connectivity index (χ1) is 9.67. The van der Waals surface area contributed by atoms with E-state index >= 15 is 0 Å². The maximum absolute atomic E-state index is 11.7. The number of amides is 2. The molecule has 1 atom stereocenters. The van der Waals surface area contributed by atoms with Crippen LogP contribution in [0.3, 0.4) is 0 Å². The van der Waals surface area contributed by atoms with Crippen molar-refractivity contribution < 1.29 is 4.79 Å². The second kappa shape index (κ2) is 9.00. The molecule has 4 heteroatoms. The Bertz CT molecular complexity index is 471. The summed E-state index contributed by atoms with van der Waals surface area (Å²) >= 11 is 0. The Labute approximate surface area is 121 Å². The van der Waals surface area contributed by atoms with Gasteiger partial charge in [-0.1, -0.05) is 37.3 Å². The van der Waals surface area contributed by atoms with Gasteiger partial charge in [-0.15, -0.1) is 0 Å². The highest BCUT2D eigenvalue weighted by atomic mass is 16.2. The number of nitrogens with two attached hydrogens (primary N) is 1. The Morgan fingerprint density at radius 2 is 2.05 bits per heavy atom. The third-order valence-corrected chi connectivity index (χ3v) is 2.91. The summed E-state index contributed by atoms with van der Waals surface area (Å²) in [5, 5.41) is 5.75. The minimum absolute atomic E-state index is 0.0341. The van der Waals surface area contributed by atoms with Crippen LogP contribution in [0, 0.1) is 11.8 Å². The quantitative estimate of drug-likeness (QED) is 0.568. The Balaban J connectivity index is 2.50. The van der Waals surface area contributed by atoms with Gasteiger partial charge in [-0.05, 0) is 31.0 Å². The van der Waals surface area contributed by atoms with E-state index in [1.54, 1.807) is 0 Å². The van der Waals surface area contributed by atoms with Crippen molar-refractivity contribution in [2.75, 3.05) is 13.1 Å². The topological polar surface area (TPSA) is 67.2 Å². The highest BCUT2D eigenvalue weighted by Crippen LogP contribution is 2.12. The van der Waals surface area contributed by atoms with Gasteiger partial charge in [0.05, 0.1) is 12.6 Å². The van der Waals surface area contributed by atoms with Crippen molar-refractivity contribution in [2.24, 2.45) is 5.73 Å². The zero-order chi connectivity index (χ0) is 14.8. The molecule has 4 N–H and O–H groups in total. The minimum Gasteiger partial charge on any atom is -0.338 e. The molecule has 0 aliphatic rings. The molecule has 0 aliphatic carbocycles. The molecule has 0 spiro atoms. The molecule has 0 aliphatic heterocycles. The maximum Gasteiger partial charge on any atom is 0.315 e. The van der Waals surface area contributed by atoms with E-state index in [1.807, 2.05) is 31.2 Å². The molecule has 0 radical (unpaired) electrons. The molecule has 2 amide bonds. The second-order valence-electron chi connectivity index (χ2n) is 4.60. The number of hydrogen-bond acceptors (Lipinski definition) is 2. The number of nitrogens with one attached hydrogen (secondary N) is 2. The number of unbranched alkanes of at least 4 members (excludes halogenated alkanes) is 1. The second-order valence-corrected chi connectivity index (χ2v) is 4.60. The zero-order valence-electron chi connectivity index (χ0n) is 12.2. The average Bonchev–Trinajstić information content (AvgIpc) is 2.46. The molecule has 0 aromatic heterocycles. The average molecular weight is 273 g/mol. The predicted octanol–water partition coefficient (Wildman–Crippen LogP) is 2.16. The molecule has 108 valence electrons. The van der Waals surface area contributed by atoms with E-state index in [1.165, 1.54) is 0 Å². The summed E-state index contributed by atoms with van der Waals surface area (Å²) in [5.74, 6) is 5.78. The first-order valence-corrected chi connectivity index (χ1v) is 7.00. The van der Waals surface area contributed by atoms with Crippen molar-refractivity contribution in [2.45, 2.75) is 32.7 Å². The molecule has 1 aromatic rings. The van der Waals surface area contributed by atoms with Gasteiger partial charge in [0.25, 0.3) is 0 Å². The Hall–Kier alpha value is -1.99. The number of carbonyl (C=O) groups excluding carboxylic acids is 1. The van der Waals surface area contributed by atoms with E-state index in [4.69, 9.17) is 5.73 Å². The SMILES string of the molecule is CCCCNC(=O)NC(C)c1ccc(C#CCN)cc1. The number of carbonyl (C=O) groups is 1. The Kier molecular flexibility index (Phi) is 7.23. The van der Waals surface area contributed by atoms with Gasteiger partial charge in [0.15, 0.2) is 0 Å². The van der Waals surface area contributed by atoms with Gasteiger partial charge in [-0.3, -0.25) is 0 Å². The monoisotopic (exact) mass is 273 g/mol. The number of rotatable bonds is 5. The summed E-state index contributed by atoms with van der Waals surface area (Å²) in [5.41, 5.74) is 7.31. The van der Waals surface area contributed by atoms with E-state index in [-0.39, 0.29) is 12.1 Å². The van der Waals surface area contributed by atoms with E-state index in [0.29, 0.717) is 13.1 Å². The molecule has 1 rings (SSSR count). The summed E-state index contributed by atoms with van der Waals surface area (Å²) in [7, 11) is 0. The van der Waals surface area contributed by atoms with Crippen LogP contribution < -0.4 is 16.4 Å². The van der Waals surface area contributed by atoms with E-state index < -0.39 is 0 Å². The van der Waals surface area contributed by atoms with Crippen LogP contribution >= 0.6 is 0 Å². The Morgan fingerprint density at radius 1 is 1.35 bits per heavy atom. The maximum atomic E-state index is 11.7. The molecule has 0 bridgehead atoms. The van der Waals surface area contributed by atoms with Crippen molar-refractivity contribution in [1.29, 1.82) is 0 Å². The van der Waals surface area contributed by atoms with Crippen LogP contribution in [0.1, 0.15) is 43.9 Å². The molecule has 1 aromatic carbocycles. The van der Waals surface area contributed by atoms with Crippen LogP contribution in [0.5, 0.6) is 0 Å². The predicted molar refractivity (Wildman–Crippen MR) is 82.2 cm³/mol. The number of hydrogen-bond donors (Lipinski definition) is 3. The molecule has 0 saturated carbocycles. The summed E-state index contributed by atoms with van der Waals surface area (Å²) in [6.07, 6.45) is 2.07. The van der Waals surface area contributed by atoms with Crippen LogP contribution in [0.2, 0.25) is 0 Å². The van der Waals surface area contributed by atoms with Crippen molar-refractivity contribution in [3.63, 3.8) is 0 Å². The van der Waals surface area contributed by atoms with Gasteiger partial charge < -0.3 is 16.4 Å². The molecule has 4 nitrogen and oxygen atoms in total. The van der Waals surface area contributed by atoms with Gasteiger partial charge in [-0.25, -0.2) is 4.79 Å². The van der Waals surface area contributed by atoms with Gasteiger partial charge in [0, 0.05) is 12.1 Å². The third kappa shape index (κ3) is 5.77. The van der Waals surface area contributed by atoms with Crippen molar-refractivity contribution in [3.8, 4) is 11.8 Å². The number of urea groups is 1. The summed E-state index contributed by atoms with van der Waals surface area (Å²) in [4.78, 5) is 11.7. The first kappa shape index (κ1) is 16.1. The van der Waals surface area contributed by atoms with E-state index in [2.05, 4.69) is 29.4 Å². The molecule has 0 fully saturated rings. The first-order valence-electron chi connectivity index (χ1n) is 7.00. The highest BCUT2D eigenvalue weighted by molar-refractivity contribution is 5.74. The highest BCUT2D eigenvalue weighted by Gasteiger charge is 2.08. The number of benzene rings is 1. The fourth-order valence-corrected chi connectivity index (χ4v) is 1.72. The van der Waals surface area contributed by atoms with Crippen LogP contribution in [-0.2, 0) is 0 Å². The van der Waals surface area contributed by atoms with Crippen LogP contribution in [-0.4, -0.2) is 19.1 Å². The van der Waals surface area contributed by atoms with Gasteiger partial charge in [0.2, 0.25) is 0 Å². The Morgan fingerprint density at radius 3 is 2.65 bits per heavy atom. The smallest absolute Gasteiger partial charge is 0.315 e.